The molecule has 0 aliphatic rings. The summed E-state index contributed by atoms with van der Waals surface area (Å²) in [6.07, 6.45) is 1.37. The lowest BCUT2D eigenvalue weighted by Gasteiger charge is -2.10. The van der Waals surface area contributed by atoms with Gasteiger partial charge >= 0.3 is 0 Å². The highest BCUT2D eigenvalue weighted by molar-refractivity contribution is 6.30. The van der Waals surface area contributed by atoms with Gasteiger partial charge in [-0.25, -0.2) is 0 Å². The molecule has 1 heterocycles. The Labute approximate surface area is 135 Å². The zero-order valence-electron chi connectivity index (χ0n) is 13.0. The molecule has 0 fully saturated rings. The van der Waals surface area contributed by atoms with E-state index in [9.17, 15) is 4.79 Å². The van der Waals surface area contributed by atoms with E-state index in [1.165, 1.54) is 0 Å². The van der Waals surface area contributed by atoms with Crippen molar-refractivity contribution in [2.45, 2.75) is 39.7 Å². The predicted octanol–water partition coefficient (Wildman–Crippen LogP) is 4.00. The Bertz CT molecular complexity index is 623. The van der Waals surface area contributed by atoms with Crippen LogP contribution in [0, 0.1) is 5.92 Å². The van der Waals surface area contributed by atoms with Gasteiger partial charge < -0.3 is 9.84 Å². The lowest BCUT2D eigenvalue weighted by atomic mass is 10.1. The number of rotatable bonds is 6. The summed E-state index contributed by atoms with van der Waals surface area (Å²) in [5.74, 6) is 1.37. The van der Waals surface area contributed by atoms with Gasteiger partial charge in [0.2, 0.25) is 5.91 Å². The van der Waals surface area contributed by atoms with Gasteiger partial charge in [-0.05, 0) is 43.5 Å². The Morgan fingerprint density at radius 1 is 1.27 bits per heavy atom. The quantitative estimate of drug-likeness (QED) is 0.873. The summed E-state index contributed by atoms with van der Waals surface area (Å²) in [5.41, 5.74) is 0.793. The molecular weight excluding hydrogens is 302 g/mol. The van der Waals surface area contributed by atoms with Crippen molar-refractivity contribution in [3.05, 3.63) is 35.1 Å². The minimum Gasteiger partial charge on any atom is -0.346 e. The van der Waals surface area contributed by atoms with Crippen LogP contribution in [0.25, 0.3) is 11.5 Å². The second-order valence-corrected chi connectivity index (χ2v) is 6.12. The largest absolute Gasteiger partial charge is 0.346 e. The molecule has 0 aliphatic heterocycles. The number of nitrogens with zero attached hydrogens (tertiary/aromatic N) is 2. The van der Waals surface area contributed by atoms with Crippen LogP contribution in [-0.2, 0) is 4.79 Å². The highest BCUT2D eigenvalue weighted by Crippen LogP contribution is 2.21. The topological polar surface area (TPSA) is 68.0 Å². The fourth-order valence-electron chi connectivity index (χ4n) is 1.92. The smallest absolute Gasteiger partial charge is 0.257 e. The molecule has 1 atom stereocenters. The molecule has 0 aliphatic carbocycles. The Balaban J connectivity index is 1.98. The van der Waals surface area contributed by atoms with E-state index >= 15 is 0 Å². The summed E-state index contributed by atoms with van der Waals surface area (Å²) in [4.78, 5) is 16.2. The first-order valence-corrected chi connectivity index (χ1v) is 7.72. The van der Waals surface area contributed by atoms with Gasteiger partial charge in [0.25, 0.3) is 5.89 Å². The normalized spacial score (nSPS) is 12.4. The van der Waals surface area contributed by atoms with Crippen molar-refractivity contribution >= 4 is 17.5 Å². The van der Waals surface area contributed by atoms with Gasteiger partial charge in [-0.1, -0.05) is 30.6 Å². The highest BCUT2D eigenvalue weighted by atomic mass is 35.5. The maximum Gasteiger partial charge on any atom is 0.257 e. The number of benzene rings is 1. The van der Waals surface area contributed by atoms with E-state index in [0.717, 1.165) is 12.0 Å². The van der Waals surface area contributed by atoms with Crippen molar-refractivity contribution in [1.29, 1.82) is 0 Å². The molecule has 22 heavy (non-hydrogen) atoms. The molecule has 2 rings (SSSR count). The third-order valence-electron chi connectivity index (χ3n) is 3.25. The number of amides is 1. The van der Waals surface area contributed by atoms with Gasteiger partial charge in [0.15, 0.2) is 5.82 Å². The first kappa shape index (κ1) is 16.5. The molecule has 0 spiro atoms. The molecule has 1 amide bonds. The summed E-state index contributed by atoms with van der Waals surface area (Å²) < 4.78 is 5.24. The maximum atomic E-state index is 11.8. The second-order valence-electron chi connectivity index (χ2n) is 5.69. The molecule has 6 heteroatoms. The highest BCUT2D eigenvalue weighted by Gasteiger charge is 2.17. The summed E-state index contributed by atoms with van der Waals surface area (Å²) in [6.45, 7) is 6.02. The van der Waals surface area contributed by atoms with Crippen LogP contribution in [-0.4, -0.2) is 16.0 Å². The molecule has 118 valence electrons. The number of nitrogens with one attached hydrogen (secondary N) is 1. The molecule has 1 aromatic heterocycles. The van der Waals surface area contributed by atoms with Gasteiger partial charge in [-0.15, -0.1) is 0 Å². The van der Waals surface area contributed by atoms with E-state index < -0.39 is 0 Å². The van der Waals surface area contributed by atoms with Gasteiger partial charge in [0.1, 0.15) is 0 Å². The fraction of sp³-hybridized carbons (Fsp3) is 0.438. The van der Waals surface area contributed by atoms with E-state index in [0.29, 0.717) is 29.1 Å². The van der Waals surface area contributed by atoms with Gasteiger partial charge in [0, 0.05) is 17.0 Å². The van der Waals surface area contributed by atoms with Crippen molar-refractivity contribution < 1.29 is 9.32 Å². The molecule has 0 saturated heterocycles. The number of hydrogen-bond acceptors (Lipinski definition) is 4. The lowest BCUT2D eigenvalue weighted by Crippen LogP contribution is -2.27. The minimum absolute atomic E-state index is 0.000886. The first-order valence-electron chi connectivity index (χ1n) is 7.34. The van der Waals surface area contributed by atoms with Crippen LogP contribution < -0.4 is 5.32 Å². The molecule has 0 radical (unpaired) electrons. The molecule has 0 saturated carbocycles. The van der Waals surface area contributed by atoms with Crippen molar-refractivity contribution in [2.24, 2.45) is 5.92 Å². The van der Waals surface area contributed by atoms with Gasteiger partial charge in [-0.2, -0.15) is 4.98 Å². The third kappa shape index (κ3) is 4.56. The SMILES string of the molecule is CC(C)CCC(=O)N[C@@H](C)c1noc(-c2ccc(Cl)cc2)n1. The second kappa shape index (κ2) is 7.40. The van der Waals surface area contributed by atoms with E-state index in [4.69, 9.17) is 16.1 Å². The maximum absolute atomic E-state index is 11.8. The van der Waals surface area contributed by atoms with Gasteiger partial charge in [-0.3, -0.25) is 4.79 Å². The van der Waals surface area contributed by atoms with E-state index in [1.54, 1.807) is 12.1 Å². The number of hydrogen-bond donors (Lipinski definition) is 1. The minimum atomic E-state index is -0.288. The molecule has 5 nitrogen and oxygen atoms in total. The Morgan fingerprint density at radius 2 is 1.95 bits per heavy atom. The van der Waals surface area contributed by atoms with Crippen LogP contribution in [0.2, 0.25) is 5.02 Å². The molecule has 2 aromatic rings. The van der Waals surface area contributed by atoms with Crippen LogP contribution in [0.4, 0.5) is 0 Å². The van der Waals surface area contributed by atoms with Crippen LogP contribution in [0.1, 0.15) is 45.5 Å². The van der Waals surface area contributed by atoms with Crippen molar-refractivity contribution in [1.82, 2.24) is 15.5 Å². The van der Waals surface area contributed by atoms with Crippen LogP contribution in [0.15, 0.2) is 28.8 Å². The fourth-order valence-corrected chi connectivity index (χ4v) is 2.04. The number of aromatic nitrogens is 2. The summed E-state index contributed by atoms with van der Waals surface area (Å²) in [7, 11) is 0. The average molecular weight is 322 g/mol. The predicted molar refractivity (Wildman–Crippen MR) is 85.4 cm³/mol. The zero-order valence-corrected chi connectivity index (χ0v) is 13.7. The molecule has 0 bridgehead atoms. The Hall–Kier alpha value is -1.88. The van der Waals surface area contributed by atoms with E-state index in [2.05, 4.69) is 29.3 Å². The molecule has 1 aromatic carbocycles. The molecule has 0 unspecified atom stereocenters. The van der Waals surface area contributed by atoms with Crippen molar-refractivity contribution in [2.75, 3.05) is 0 Å². The molecule has 1 N–H and O–H groups in total. The number of carbonyl (C=O) groups excluding carboxylic acids is 1. The van der Waals surface area contributed by atoms with Crippen molar-refractivity contribution in [3.8, 4) is 11.5 Å². The summed E-state index contributed by atoms with van der Waals surface area (Å²) >= 11 is 5.85. The van der Waals surface area contributed by atoms with Crippen LogP contribution in [0.3, 0.4) is 0 Å². The summed E-state index contributed by atoms with van der Waals surface area (Å²) in [5, 5.41) is 7.46. The third-order valence-corrected chi connectivity index (χ3v) is 3.50. The van der Waals surface area contributed by atoms with Gasteiger partial charge in [0.05, 0.1) is 6.04 Å². The number of carbonyl (C=O) groups is 1. The standard InChI is InChI=1S/C16H20ClN3O2/c1-10(2)4-9-14(21)18-11(3)15-19-16(22-20-15)12-5-7-13(17)8-6-12/h5-8,10-11H,4,9H2,1-3H3,(H,18,21)/t11-/m0/s1. The number of halogens is 1. The van der Waals surface area contributed by atoms with E-state index in [-0.39, 0.29) is 11.9 Å². The molecular formula is C16H20ClN3O2. The first-order chi connectivity index (χ1) is 10.5. The lowest BCUT2D eigenvalue weighted by molar-refractivity contribution is -0.122. The Morgan fingerprint density at radius 3 is 2.59 bits per heavy atom. The monoisotopic (exact) mass is 321 g/mol. The zero-order chi connectivity index (χ0) is 16.1. The summed E-state index contributed by atoms with van der Waals surface area (Å²) in [6, 6.07) is 6.86. The van der Waals surface area contributed by atoms with Crippen LogP contribution >= 0.6 is 11.6 Å². The van der Waals surface area contributed by atoms with E-state index in [1.807, 2.05) is 19.1 Å². The Kier molecular flexibility index (Phi) is 5.55. The average Bonchev–Trinajstić information content (AvgIpc) is 2.96. The van der Waals surface area contributed by atoms with Crippen molar-refractivity contribution in [3.63, 3.8) is 0 Å². The van der Waals surface area contributed by atoms with Crippen LogP contribution in [0.5, 0.6) is 0 Å².